The number of carbonyl (C=O) groups is 1. The van der Waals surface area contributed by atoms with Crippen LogP contribution in [0.3, 0.4) is 0 Å². The fourth-order valence-electron chi connectivity index (χ4n) is 6.31. The molecule has 0 amide bonds. The van der Waals surface area contributed by atoms with Crippen molar-refractivity contribution in [1.29, 1.82) is 0 Å². The van der Waals surface area contributed by atoms with Gasteiger partial charge < -0.3 is 33.2 Å². The van der Waals surface area contributed by atoms with Crippen LogP contribution in [-0.2, 0) is 35.1 Å². The molecule has 2 aliphatic rings. The molecular formula is C39H48O7. The Balaban J connectivity index is 1.27. The van der Waals surface area contributed by atoms with E-state index in [1.165, 1.54) is 0 Å². The van der Waals surface area contributed by atoms with E-state index in [9.17, 15) is 4.79 Å². The number of benzene rings is 3. The standard InChI is InChI=1S/C39H48O7/c1-27(2)37(42-26-29-16-19-32(41-4)20-17-29)28(3)15-18-33-23-35(45-38(43-33)30-11-7-5-8-12-30)25-36-24-34(21-22-40)44-39(46-36)31-13-9-6-10-14-31/h5-20,22,27-28,33-39H,21,23-26H2,1-4H3/b18-15+/t28-,33-,34-,35-,36-,37-,38-,39-/m0/s1. The zero-order valence-electron chi connectivity index (χ0n) is 27.4. The maximum Gasteiger partial charge on any atom is 0.184 e. The van der Waals surface area contributed by atoms with E-state index in [4.69, 9.17) is 28.4 Å². The summed E-state index contributed by atoms with van der Waals surface area (Å²) < 4.78 is 37.4. The Kier molecular flexibility index (Phi) is 12.6. The molecule has 0 saturated carbocycles. The molecule has 246 valence electrons. The Morgan fingerprint density at radius 1 is 0.761 bits per heavy atom. The maximum atomic E-state index is 11.4. The number of rotatable bonds is 14. The molecule has 2 fully saturated rings. The molecule has 2 aliphatic heterocycles. The van der Waals surface area contributed by atoms with Crippen LogP contribution in [0.4, 0.5) is 0 Å². The van der Waals surface area contributed by atoms with Crippen LogP contribution >= 0.6 is 0 Å². The minimum absolute atomic E-state index is 0.0409. The van der Waals surface area contributed by atoms with Gasteiger partial charge in [0.15, 0.2) is 12.6 Å². The van der Waals surface area contributed by atoms with Gasteiger partial charge in [-0.2, -0.15) is 0 Å². The molecule has 0 unspecified atom stereocenters. The fraction of sp³-hybridized carbons (Fsp3) is 0.462. The van der Waals surface area contributed by atoms with E-state index < -0.39 is 12.6 Å². The van der Waals surface area contributed by atoms with Gasteiger partial charge in [0, 0.05) is 42.7 Å². The molecular weight excluding hydrogens is 580 g/mol. The summed E-state index contributed by atoms with van der Waals surface area (Å²) in [6.45, 7) is 7.14. The summed E-state index contributed by atoms with van der Waals surface area (Å²) in [7, 11) is 1.67. The van der Waals surface area contributed by atoms with Gasteiger partial charge in [-0.1, -0.05) is 106 Å². The van der Waals surface area contributed by atoms with Gasteiger partial charge in [-0.3, -0.25) is 0 Å². The first-order valence-electron chi connectivity index (χ1n) is 16.5. The lowest BCUT2D eigenvalue weighted by Crippen LogP contribution is -2.40. The van der Waals surface area contributed by atoms with Crippen molar-refractivity contribution in [2.45, 2.75) is 96.2 Å². The number of hydrogen-bond acceptors (Lipinski definition) is 7. The van der Waals surface area contributed by atoms with Crippen molar-refractivity contribution >= 4 is 6.29 Å². The fourth-order valence-corrected chi connectivity index (χ4v) is 6.31. The second-order valence-electron chi connectivity index (χ2n) is 12.7. The number of methoxy groups -OCH3 is 1. The predicted octanol–water partition coefficient (Wildman–Crippen LogP) is 8.15. The van der Waals surface area contributed by atoms with Crippen molar-refractivity contribution < 1.29 is 33.2 Å². The Morgan fingerprint density at radius 2 is 1.35 bits per heavy atom. The topological polar surface area (TPSA) is 72.5 Å². The first kappa shape index (κ1) is 34.0. The SMILES string of the molecule is COc1ccc(CO[C@@H](C(C)C)[C@@H](C)/C=C/[C@H]2C[C@@H](C[C@@H]3C[C@H](CC=O)O[C@H](c4ccccc4)O3)O[C@@H](c3ccccc3)O2)cc1. The van der Waals surface area contributed by atoms with Crippen molar-refractivity contribution in [2.75, 3.05) is 7.11 Å². The van der Waals surface area contributed by atoms with Crippen LogP contribution in [0.25, 0.3) is 0 Å². The van der Waals surface area contributed by atoms with E-state index in [0.717, 1.165) is 28.7 Å². The molecule has 2 saturated heterocycles. The highest BCUT2D eigenvalue weighted by Gasteiger charge is 2.36. The number of carbonyl (C=O) groups excluding carboxylic acids is 1. The number of ether oxygens (including phenoxy) is 6. The second-order valence-corrected chi connectivity index (χ2v) is 12.7. The summed E-state index contributed by atoms with van der Waals surface area (Å²) in [5, 5.41) is 0. The average molecular weight is 629 g/mol. The molecule has 0 radical (unpaired) electrons. The normalized spacial score (nSPS) is 26.5. The molecule has 0 N–H and O–H groups in total. The van der Waals surface area contributed by atoms with E-state index in [2.05, 4.69) is 32.9 Å². The minimum atomic E-state index is -0.517. The molecule has 3 aromatic carbocycles. The summed E-state index contributed by atoms with van der Waals surface area (Å²) in [4.78, 5) is 11.4. The molecule has 8 atom stereocenters. The van der Waals surface area contributed by atoms with Crippen molar-refractivity contribution in [3.8, 4) is 5.75 Å². The first-order valence-corrected chi connectivity index (χ1v) is 16.5. The molecule has 7 nitrogen and oxygen atoms in total. The quantitative estimate of drug-likeness (QED) is 0.132. The third-order valence-electron chi connectivity index (χ3n) is 8.70. The molecule has 0 aliphatic carbocycles. The Bertz CT molecular complexity index is 1340. The highest BCUT2D eigenvalue weighted by molar-refractivity contribution is 5.50. The minimum Gasteiger partial charge on any atom is -0.497 e. The molecule has 0 spiro atoms. The zero-order valence-corrected chi connectivity index (χ0v) is 27.4. The lowest BCUT2D eigenvalue weighted by atomic mass is 9.92. The highest BCUT2D eigenvalue weighted by Crippen LogP contribution is 2.37. The van der Waals surface area contributed by atoms with Crippen LogP contribution in [0.2, 0.25) is 0 Å². The summed E-state index contributed by atoms with van der Waals surface area (Å²) in [6.07, 6.45) is 6.14. The molecule has 0 aromatic heterocycles. The lowest BCUT2D eigenvalue weighted by molar-refractivity contribution is -0.272. The Morgan fingerprint density at radius 3 is 1.93 bits per heavy atom. The third kappa shape index (κ3) is 9.60. The summed E-state index contributed by atoms with van der Waals surface area (Å²) in [5.74, 6) is 1.35. The van der Waals surface area contributed by atoms with Gasteiger partial charge in [0.1, 0.15) is 12.0 Å². The second kappa shape index (κ2) is 17.0. The van der Waals surface area contributed by atoms with Crippen LogP contribution in [0, 0.1) is 11.8 Å². The lowest BCUT2D eigenvalue weighted by Gasteiger charge is -2.40. The smallest absolute Gasteiger partial charge is 0.184 e. The molecule has 3 aromatic rings. The largest absolute Gasteiger partial charge is 0.497 e. The van der Waals surface area contributed by atoms with Gasteiger partial charge in [-0.05, 0) is 23.6 Å². The first-order chi connectivity index (χ1) is 22.4. The van der Waals surface area contributed by atoms with Crippen LogP contribution in [0.5, 0.6) is 5.75 Å². The monoisotopic (exact) mass is 628 g/mol. The van der Waals surface area contributed by atoms with E-state index >= 15 is 0 Å². The van der Waals surface area contributed by atoms with E-state index in [-0.39, 0.29) is 36.4 Å². The summed E-state index contributed by atoms with van der Waals surface area (Å²) in [6, 6.07) is 28.0. The van der Waals surface area contributed by atoms with E-state index in [1.807, 2.05) is 84.9 Å². The van der Waals surface area contributed by atoms with Crippen LogP contribution in [0.1, 0.15) is 75.7 Å². The molecule has 46 heavy (non-hydrogen) atoms. The number of aldehydes is 1. The third-order valence-corrected chi connectivity index (χ3v) is 8.70. The van der Waals surface area contributed by atoms with Crippen molar-refractivity contribution in [3.05, 3.63) is 114 Å². The zero-order chi connectivity index (χ0) is 32.3. The average Bonchev–Trinajstić information content (AvgIpc) is 3.08. The van der Waals surface area contributed by atoms with E-state index in [0.29, 0.717) is 38.2 Å². The number of hydrogen-bond donors (Lipinski definition) is 0. The highest BCUT2D eigenvalue weighted by atomic mass is 16.7. The molecule has 0 bridgehead atoms. The van der Waals surface area contributed by atoms with E-state index in [1.54, 1.807) is 7.11 Å². The van der Waals surface area contributed by atoms with Crippen LogP contribution in [-0.4, -0.2) is 43.9 Å². The van der Waals surface area contributed by atoms with Gasteiger partial charge in [0.2, 0.25) is 0 Å². The Hall–Kier alpha value is -3.33. The van der Waals surface area contributed by atoms with Gasteiger partial charge in [0.25, 0.3) is 0 Å². The van der Waals surface area contributed by atoms with Gasteiger partial charge in [0.05, 0.1) is 44.2 Å². The summed E-state index contributed by atoms with van der Waals surface area (Å²) in [5.41, 5.74) is 3.04. The maximum absolute atomic E-state index is 11.4. The molecule has 2 heterocycles. The molecule has 7 heteroatoms. The van der Waals surface area contributed by atoms with Gasteiger partial charge in [-0.25, -0.2) is 0 Å². The van der Waals surface area contributed by atoms with Crippen molar-refractivity contribution in [1.82, 2.24) is 0 Å². The van der Waals surface area contributed by atoms with Crippen LogP contribution < -0.4 is 4.74 Å². The predicted molar refractivity (Wildman–Crippen MR) is 177 cm³/mol. The Labute approximate surface area is 273 Å². The van der Waals surface area contributed by atoms with Crippen molar-refractivity contribution in [3.63, 3.8) is 0 Å². The van der Waals surface area contributed by atoms with Crippen LogP contribution in [0.15, 0.2) is 97.1 Å². The summed E-state index contributed by atoms with van der Waals surface area (Å²) >= 11 is 0. The van der Waals surface area contributed by atoms with Gasteiger partial charge >= 0.3 is 0 Å². The van der Waals surface area contributed by atoms with Gasteiger partial charge in [-0.15, -0.1) is 0 Å². The van der Waals surface area contributed by atoms with Crippen molar-refractivity contribution in [2.24, 2.45) is 11.8 Å². The molecule has 5 rings (SSSR count).